The number of aliphatic carboxylic acids is 1. The van der Waals surface area contributed by atoms with Gasteiger partial charge in [-0.1, -0.05) is 30.3 Å². The third-order valence-electron chi connectivity index (χ3n) is 2.92. The summed E-state index contributed by atoms with van der Waals surface area (Å²) in [5.74, 6) is -0.592. The van der Waals surface area contributed by atoms with Crippen LogP contribution in [0, 0.1) is 0 Å². The number of hydrogen-bond donors (Lipinski definition) is 1. The molecule has 1 aliphatic rings. The van der Waals surface area contributed by atoms with Crippen molar-refractivity contribution in [3.63, 3.8) is 0 Å². The molecule has 1 N–H and O–H groups in total. The van der Waals surface area contributed by atoms with E-state index in [2.05, 4.69) is 0 Å². The fourth-order valence-electron chi connectivity index (χ4n) is 1.90. The highest BCUT2D eigenvalue weighted by atomic mass is 32.2. The van der Waals surface area contributed by atoms with Crippen LogP contribution >= 0.6 is 11.8 Å². The van der Waals surface area contributed by atoms with Crippen LogP contribution < -0.4 is 0 Å². The van der Waals surface area contributed by atoms with Crippen molar-refractivity contribution in [3.8, 4) is 0 Å². The fourth-order valence-corrected chi connectivity index (χ4v) is 3.06. The Bertz CT molecular complexity index is 465. The second kappa shape index (κ2) is 5.97. The van der Waals surface area contributed by atoms with E-state index in [0.29, 0.717) is 5.75 Å². The molecular formula is C13H15NO4S. The van der Waals surface area contributed by atoms with Gasteiger partial charge in [-0.25, -0.2) is 9.59 Å². The number of ether oxygens (including phenoxy) is 1. The lowest BCUT2D eigenvalue weighted by Crippen LogP contribution is -2.44. The molecule has 1 aromatic carbocycles. The summed E-state index contributed by atoms with van der Waals surface area (Å²) in [6.07, 6.45) is -0.575. The molecule has 0 radical (unpaired) electrons. The molecule has 1 unspecified atom stereocenters. The molecule has 5 nitrogen and oxygen atoms in total. The number of hydrogen-bond acceptors (Lipinski definition) is 4. The summed E-state index contributed by atoms with van der Waals surface area (Å²) in [6, 6.07) is 8.50. The summed E-state index contributed by atoms with van der Waals surface area (Å²) >= 11 is 1.44. The van der Waals surface area contributed by atoms with E-state index < -0.39 is 18.1 Å². The normalized spacial score (nSPS) is 22.3. The second-order valence-corrected chi connectivity index (χ2v) is 5.58. The van der Waals surface area contributed by atoms with Crippen LogP contribution in [0.15, 0.2) is 30.3 Å². The number of thioether (sulfide) groups is 1. The first-order chi connectivity index (χ1) is 9.09. The van der Waals surface area contributed by atoms with E-state index >= 15 is 0 Å². The van der Waals surface area contributed by atoms with Gasteiger partial charge in [-0.15, -0.1) is 11.8 Å². The van der Waals surface area contributed by atoms with Gasteiger partial charge < -0.3 is 9.84 Å². The molecule has 1 amide bonds. The monoisotopic (exact) mass is 281 g/mol. The maximum Gasteiger partial charge on any atom is 0.411 e. The lowest BCUT2D eigenvalue weighted by Gasteiger charge is -2.24. The third-order valence-corrected chi connectivity index (χ3v) is 4.14. The van der Waals surface area contributed by atoms with Crippen LogP contribution in [0.2, 0.25) is 0 Å². The Labute approximate surface area is 115 Å². The fraction of sp³-hybridized carbons (Fsp3) is 0.385. The molecule has 0 saturated carbocycles. The number of carboxylic acids is 1. The van der Waals surface area contributed by atoms with Crippen molar-refractivity contribution in [2.75, 3.05) is 5.75 Å². The van der Waals surface area contributed by atoms with Crippen molar-refractivity contribution in [1.82, 2.24) is 4.90 Å². The van der Waals surface area contributed by atoms with Crippen LogP contribution in [0.5, 0.6) is 0 Å². The Morgan fingerprint density at radius 2 is 2.11 bits per heavy atom. The van der Waals surface area contributed by atoms with Gasteiger partial charge >= 0.3 is 12.1 Å². The molecule has 0 spiro atoms. The van der Waals surface area contributed by atoms with E-state index in [1.165, 1.54) is 16.7 Å². The maximum atomic E-state index is 12.0. The number of carbonyl (C=O) groups excluding carboxylic acids is 1. The van der Waals surface area contributed by atoms with Crippen molar-refractivity contribution in [2.45, 2.75) is 24.9 Å². The zero-order chi connectivity index (χ0) is 13.8. The molecule has 19 heavy (non-hydrogen) atoms. The summed E-state index contributed by atoms with van der Waals surface area (Å²) in [5.41, 5.74) is 0.877. The highest BCUT2D eigenvalue weighted by Gasteiger charge is 2.40. The molecule has 0 aliphatic carbocycles. The first-order valence-corrected chi connectivity index (χ1v) is 6.98. The van der Waals surface area contributed by atoms with Gasteiger partial charge in [0.2, 0.25) is 0 Å². The number of amides is 1. The number of carbonyl (C=O) groups is 2. The second-order valence-electron chi connectivity index (χ2n) is 4.23. The number of nitrogens with zero attached hydrogens (tertiary/aromatic N) is 1. The minimum Gasteiger partial charge on any atom is -0.480 e. The molecule has 6 heteroatoms. The Hall–Kier alpha value is -1.69. The van der Waals surface area contributed by atoms with Gasteiger partial charge in [0, 0.05) is 5.75 Å². The molecule has 1 fully saturated rings. The Morgan fingerprint density at radius 1 is 1.42 bits per heavy atom. The summed E-state index contributed by atoms with van der Waals surface area (Å²) in [4.78, 5) is 24.3. The minimum atomic E-state index is -0.992. The molecule has 0 aromatic heterocycles. The van der Waals surface area contributed by atoms with Crippen LogP contribution in [-0.2, 0) is 16.1 Å². The molecule has 2 atom stereocenters. The molecular weight excluding hydrogens is 266 g/mol. The van der Waals surface area contributed by atoms with Gasteiger partial charge in [-0.05, 0) is 12.5 Å². The van der Waals surface area contributed by atoms with Crippen molar-refractivity contribution in [1.29, 1.82) is 0 Å². The molecule has 1 heterocycles. The van der Waals surface area contributed by atoms with E-state index in [1.807, 2.05) is 30.3 Å². The predicted octanol–water partition coefficient (Wildman–Crippen LogP) is 2.17. The molecule has 102 valence electrons. The van der Waals surface area contributed by atoms with Crippen molar-refractivity contribution in [2.24, 2.45) is 0 Å². The van der Waals surface area contributed by atoms with E-state index in [9.17, 15) is 9.59 Å². The molecule has 1 aromatic rings. The summed E-state index contributed by atoms with van der Waals surface area (Å²) in [6.45, 7) is 1.96. The van der Waals surface area contributed by atoms with Gasteiger partial charge in [0.15, 0.2) is 0 Å². The first-order valence-electron chi connectivity index (χ1n) is 5.93. The minimum absolute atomic E-state index is 0.153. The number of benzene rings is 1. The van der Waals surface area contributed by atoms with Gasteiger partial charge in [0.05, 0.1) is 5.37 Å². The quantitative estimate of drug-likeness (QED) is 0.919. The van der Waals surface area contributed by atoms with Crippen molar-refractivity contribution >= 4 is 23.8 Å². The largest absolute Gasteiger partial charge is 0.480 e. The van der Waals surface area contributed by atoms with Crippen molar-refractivity contribution in [3.05, 3.63) is 35.9 Å². The van der Waals surface area contributed by atoms with Crippen LogP contribution in [0.3, 0.4) is 0 Å². The Morgan fingerprint density at radius 3 is 2.74 bits per heavy atom. The molecule has 0 bridgehead atoms. The number of carboxylic acid groups (broad SMARTS) is 1. The van der Waals surface area contributed by atoms with Crippen LogP contribution in [0.25, 0.3) is 0 Å². The first kappa shape index (κ1) is 13.7. The van der Waals surface area contributed by atoms with Gasteiger partial charge in [0.25, 0.3) is 0 Å². The SMILES string of the molecule is CC1SC[C@H](C(=O)O)N1C(=O)OCc1ccccc1. The van der Waals surface area contributed by atoms with E-state index in [0.717, 1.165) is 5.56 Å². The van der Waals surface area contributed by atoms with Crippen LogP contribution in [0.4, 0.5) is 4.79 Å². The maximum absolute atomic E-state index is 12.0. The van der Waals surface area contributed by atoms with Crippen LogP contribution in [0.1, 0.15) is 12.5 Å². The highest BCUT2D eigenvalue weighted by Crippen LogP contribution is 2.29. The zero-order valence-corrected chi connectivity index (χ0v) is 11.3. The van der Waals surface area contributed by atoms with Gasteiger partial charge in [0.1, 0.15) is 12.6 Å². The Kier molecular flexibility index (Phi) is 4.31. The average molecular weight is 281 g/mol. The topological polar surface area (TPSA) is 66.8 Å². The average Bonchev–Trinajstić information content (AvgIpc) is 2.79. The lowest BCUT2D eigenvalue weighted by atomic mass is 10.2. The Balaban J connectivity index is 1.97. The van der Waals surface area contributed by atoms with Crippen LogP contribution in [-0.4, -0.2) is 39.2 Å². The van der Waals surface area contributed by atoms with Gasteiger partial charge in [-0.2, -0.15) is 0 Å². The van der Waals surface area contributed by atoms with Gasteiger partial charge in [-0.3, -0.25) is 4.90 Å². The zero-order valence-electron chi connectivity index (χ0n) is 10.5. The van der Waals surface area contributed by atoms with E-state index in [4.69, 9.17) is 9.84 Å². The standard InChI is InChI=1S/C13H15NO4S/c1-9-14(11(8-19-9)12(15)16)13(17)18-7-10-5-3-2-4-6-10/h2-6,9,11H,7-8H2,1H3,(H,15,16)/t9?,11-/m1/s1. The predicted molar refractivity (Wildman–Crippen MR) is 71.8 cm³/mol. The summed E-state index contributed by atoms with van der Waals surface area (Å²) < 4.78 is 5.17. The smallest absolute Gasteiger partial charge is 0.411 e. The molecule has 1 aliphatic heterocycles. The molecule has 1 saturated heterocycles. The summed E-state index contributed by atoms with van der Waals surface area (Å²) in [5, 5.41) is 8.90. The lowest BCUT2D eigenvalue weighted by molar-refractivity contribution is -0.141. The van der Waals surface area contributed by atoms with E-state index in [1.54, 1.807) is 6.92 Å². The molecule has 2 rings (SSSR count). The van der Waals surface area contributed by atoms with Crippen molar-refractivity contribution < 1.29 is 19.4 Å². The number of rotatable bonds is 3. The third kappa shape index (κ3) is 3.20. The van der Waals surface area contributed by atoms with E-state index in [-0.39, 0.29) is 12.0 Å². The summed E-state index contributed by atoms with van der Waals surface area (Å²) in [7, 11) is 0. The highest BCUT2D eigenvalue weighted by molar-refractivity contribution is 8.00.